The Kier molecular flexibility index (Phi) is 6.68. The summed E-state index contributed by atoms with van der Waals surface area (Å²) in [5.41, 5.74) is 0.719. The molecule has 0 fully saturated rings. The second-order valence-corrected chi connectivity index (χ2v) is 7.19. The Balaban J connectivity index is 2.98. The maximum atomic E-state index is 12.0. The zero-order chi connectivity index (χ0) is 15.9. The Morgan fingerprint density at radius 3 is 2.62 bits per heavy atom. The van der Waals surface area contributed by atoms with Crippen molar-refractivity contribution in [2.45, 2.75) is 33.6 Å². The van der Waals surface area contributed by atoms with Crippen LogP contribution < -0.4 is 9.46 Å². The fourth-order valence-corrected chi connectivity index (χ4v) is 2.90. The summed E-state index contributed by atoms with van der Waals surface area (Å²) in [6.45, 7) is 6.42. The van der Waals surface area contributed by atoms with Gasteiger partial charge in [0.25, 0.3) is 0 Å². The number of ether oxygens (including phenoxy) is 1. The minimum Gasteiger partial charge on any atom is -0.491 e. The van der Waals surface area contributed by atoms with Crippen LogP contribution in [0, 0.1) is 5.92 Å². The molecule has 0 bridgehead atoms. The average molecular weight is 313 g/mol. The highest BCUT2D eigenvalue weighted by Gasteiger charge is 2.14. The fraction of sp³-hybridized carbons (Fsp3) is 0.533. The van der Waals surface area contributed by atoms with Gasteiger partial charge in [-0.25, -0.2) is 8.42 Å². The lowest BCUT2D eigenvalue weighted by molar-refractivity contribution is 0.112. The fourth-order valence-electron chi connectivity index (χ4n) is 1.64. The van der Waals surface area contributed by atoms with Crippen molar-refractivity contribution in [3.8, 4) is 5.75 Å². The molecule has 6 heteroatoms. The van der Waals surface area contributed by atoms with Crippen molar-refractivity contribution in [1.29, 1.82) is 0 Å². The van der Waals surface area contributed by atoms with E-state index in [0.29, 0.717) is 42.2 Å². The quantitative estimate of drug-likeness (QED) is 0.711. The number of rotatable bonds is 9. The number of nitrogens with one attached hydrogen (secondary N) is 1. The molecule has 5 nitrogen and oxygen atoms in total. The second kappa shape index (κ2) is 8.02. The standard InChI is InChI=1S/C15H23NO4S/c1-4-5-8-21(18,19)16-14-9-13(10-17)6-7-15(14)20-11-12(2)3/h6-7,9-10,12,16H,4-5,8,11H2,1-3H3. The summed E-state index contributed by atoms with van der Waals surface area (Å²) in [5.74, 6) is 0.813. The number of hydrogen-bond donors (Lipinski definition) is 1. The predicted octanol–water partition coefficient (Wildman–Crippen LogP) is 3.08. The molecule has 0 spiro atoms. The molecule has 0 amide bonds. The van der Waals surface area contributed by atoms with Crippen LogP contribution in [0.3, 0.4) is 0 Å². The van der Waals surface area contributed by atoms with Crippen molar-refractivity contribution < 1.29 is 17.9 Å². The summed E-state index contributed by atoms with van der Waals surface area (Å²) in [6.07, 6.45) is 2.06. The Morgan fingerprint density at radius 2 is 2.05 bits per heavy atom. The van der Waals surface area contributed by atoms with E-state index in [1.54, 1.807) is 12.1 Å². The summed E-state index contributed by atoms with van der Waals surface area (Å²) < 4.78 is 32.1. The van der Waals surface area contributed by atoms with Gasteiger partial charge in [-0.1, -0.05) is 27.2 Å². The van der Waals surface area contributed by atoms with Crippen LogP contribution in [-0.4, -0.2) is 27.1 Å². The molecule has 0 atom stereocenters. The van der Waals surface area contributed by atoms with Crippen LogP contribution in [0.1, 0.15) is 44.0 Å². The molecule has 0 radical (unpaired) electrons. The molecule has 0 unspecified atom stereocenters. The van der Waals surface area contributed by atoms with Gasteiger partial charge in [-0.3, -0.25) is 9.52 Å². The van der Waals surface area contributed by atoms with Gasteiger partial charge in [-0.05, 0) is 30.5 Å². The topological polar surface area (TPSA) is 72.5 Å². The molecule has 0 aliphatic heterocycles. The van der Waals surface area contributed by atoms with Crippen LogP contribution in [-0.2, 0) is 10.0 Å². The first-order chi connectivity index (χ1) is 9.88. The van der Waals surface area contributed by atoms with E-state index >= 15 is 0 Å². The van der Waals surface area contributed by atoms with Crippen molar-refractivity contribution in [2.75, 3.05) is 17.1 Å². The van der Waals surface area contributed by atoms with Crippen molar-refractivity contribution >= 4 is 22.0 Å². The van der Waals surface area contributed by atoms with E-state index in [2.05, 4.69) is 4.72 Å². The molecule has 1 aromatic carbocycles. The first-order valence-electron chi connectivity index (χ1n) is 7.10. The van der Waals surface area contributed by atoms with Crippen LogP contribution >= 0.6 is 0 Å². The lowest BCUT2D eigenvalue weighted by Gasteiger charge is -2.15. The van der Waals surface area contributed by atoms with E-state index < -0.39 is 10.0 Å². The average Bonchev–Trinajstić information content (AvgIpc) is 2.43. The summed E-state index contributed by atoms with van der Waals surface area (Å²) >= 11 is 0. The van der Waals surface area contributed by atoms with Gasteiger partial charge in [0, 0.05) is 5.56 Å². The molecule has 0 heterocycles. The Morgan fingerprint density at radius 1 is 1.33 bits per heavy atom. The van der Waals surface area contributed by atoms with E-state index in [9.17, 15) is 13.2 Å². The zero-order valence-electron chi connectivity index (χ0n) is 12.8. The number of aldehydes is 1. The monoisotopic (exact) mass is 313 g/mol. The number of anilines is 1. The van der Waals surface area contributed by atoms with Gasteiger partial charge in [-0.2, -0.15) is 0 Å². The van der Waals surface area contributed by atoms with Crippen molar-refractivity contribution in [1.82, 2.24) is 0 Å². The van der Waals surface area contributed by atoms with E-state index in [0.717, 1.165) is 6.42 Å². The highest BCUT2D eigenvalue weighted by atomic mass is 32.2. The van der Waals surface area contributed by atoms with Crippen molar-refractivity contribution in [3.05, 3.63) is 23.8 Å². The molecular formula is C15H23NO4S. The molecule has 0 aliphatic carbocycles. The van der Waals surface area contributed by atoms with Crippen molar-refractivity contribution in [2.24, 2.45) is 5.92 Å². The lowest BCUT2D eigenvalue weighted by atomic mass is 10.2. The largest absolute Gasteiger partial charge is 0.491 e. The molecule has 21 heavy (non-hydrogen) atoms. The van der Waals surface area contributed by atoms with Gasteiger partial charge in [0.05, 0.1) is 18.0 Å². The SMILES string of the molecule is CCCCS(=O)(=O)Nc1cc(C=O)ccc1OCC(C)C. The minimum atomic E-state index is -3.43. The highest BCUT2D eigenvalue weighted by molar-refractivity contribution is 7.92. The number of unbranched alkanes of at least 4 members (excludes halogenated alkanes) is 1. The van der Waals surface area contributed by atoms with Crippen molar-refractivity contribution in [3.63, 3.8) is 0 Å². The van der Waals surface area contributed by atoms with Crippen LogP contribution in [0.25, 0.3) is 0 Å². The summed E-state index contributed by atoms with van der Waals surface area (Å²) in [4.78, 5) is 10.9. The maximum Gasteiger partial charge on any atom is 0.232 e. The maximum absolute atomic E-state index is 12.0. The van der Waals surface area contributed by atoms with E-state index in [1.807, 2.05) is 20.8 Å². The van der Waals surface area contributed by atoms with Gasteiger partial charge in [-0.15, -0.1) is 0 Å². The van der Waals surface area contributed by atoms with E-state index in [-0.39, 0.29) is 5.75 Å². The third-order valence-electron chi connectivity index (χ3n) is 2.74. The van der Waals surface area contributed by atoms with Crippen LogP contribution in [0.4, 0.5) is 5.69 Å². The number of sulfonamides is 1. The lowest BCUT2D eigenvalue weighted by Crippen LogP contribution is -2.18. The number of carbonyl (C=O) groups is 1. The van der Waals surface area contributed by atoms with E-state index in [4.69, 9.17) is 4.74 Å². The number of benzene rings is 1. The van der Waals surface area contributed by atoms with Gasteiger partial charge in [0.2, 0.25) is 10.0 Å². The Labute approximate surface area is 126 Å². The highest BCUT2D eigenvalue weighted by Crippen LogP contribution is 2.27. The zero-order valence-corrected chi connectivity index (χ0v) is 13.6. The summed E-state index contributed by atoms with van der Waals surface area (Å²) in [6, 6.07) is 4.71. The van der Waals surface area contributed by atoms with Crippen LogP contribution in [0.2, 0.25) is 0 Å². The van der Waals surface area contributed by atoms with Gasteiger partial charge in [0.1, 0.15) is 12.0 Å². The van der Waals surface area contributed by atoms with Gasteiger partial charge >= 0.3 is 0 Å². The minimum absolute atomic E-state index is 0.0540. The third-order valence-corrected chi connectivity index (χ3v) is 4.10. The normalized spacial score (nSPS) is 11.4. The van der Waals surface area contributed by atoms with Gasteiger partial charge < -0.3 is 4.74 Å². The molecule has 1 rings (SSSR count). The smallest absolute Gasteiger partial charge is 0.232 e. The summed E-state index contributed by atoms with van der Waals surface area (Å²) in [5, 5.41) is 0. The molecule has 0 saturated carbocycles. The summed E-state index contributed by atoms with van der Waals surface area (Å²) in [7, 11) is -3.43. The second-order valence-electron chi connectivity index (χ2n) is 5.35. The molecular weight excluding hydrogens is 290 g/mol. The molecule has 0 aromatic heterocycles. The molecule has 1 aromatic rings. The van der Waals surface area contributed by atoms with E-state index in [1.165, 1.54) is 6.07 Å². The first kappa shape index (κ1) is 17.5. The van der Waals surface area contributed by atoms with Gasteiger partial charge in [0.15, 0.2) is 0 Å². The molecule has 0 aliphatic rings. The first-order valence-corrected chi connectivity index (χ1v) is 8.75. The third kappa shape index (κ3) is 6.16. The molecule has 1 N–H and O–H groups in total. The molecule has 0 saturated heterocycles. The number of carbonyl (C=O) groups excluding carboxylic acids is 1. The Bertz CT molecular complexity index is 567. The predicted molar refractivity (Wildman–Crippen MR) is 84.5 cm³/mol. The Hall–Kier alpha value is -1.56. The number of hydrogen-bond acceptors (Lipinski definition) is 4. The van der Waals surface area contributed by atoms with Crippen LogP contribution in [0.5, 0.6) is 5.75 Å². The molecule has 118 valence electrons. The van der Waals surface area contributed by atoms with Crippen LogP contribution in [0.15, 0.2) is 18.2 Å².